The van der Waals surface area contributed by atoms with Crippen LogP contribution in [-0.2, 0) is 11.3 Å². The summed E-state index contributed by atoms with van der Waals surface area (Å²) in [5.74, 6) is 1.04. The van der Waals surface area contributed by atoms with Crippen molar-refractivity contribution in [3.05, 3.63) is 35.9 Å². The maximum atomic E-state index is 12.6. The molecular formula is C21H31N3O3. The molecule has 1 aromatic rings. The van der Waals surface area contributed by atoms with Gasteiger partial charge in [0.25, 0.3) is 0 Å². The van der Waals surface area contributed by atoms with Gasteiger partial charge in [0.2, 0.25) is 5.91 Å². The molecule has 5 atom stereocenters. The summed E-state index contributed by atoms with van der Waals surface area (Å²) in [5.41, 5.74) is 1.34. The lowest BCUT2D eigenvalue weighted by atomic mass is 9.96. The summed E-state index contributed by atoms with van der Waals surface area (Å²) in [4.78, 5) is 25.8. The maximum absolute atomic E-state index is 12.6. The summed E-state index contributed by atoms with van der Waals surface area (Å²) in [5, 5.41) is 14.5. The van der Waals surface area contributed by atoms with E-state index in [1.54, 1.807) is 6.92 Å². The Morgan fingerprint density at radius 1 is 1.19 bits per heavy atom. The molecule has 148 valence electrons. The predicted octanol–water partition coefficient (Wildman–Crippen LogP) is 2.70. The molecule has 1 saturated carbocycles. The molecule has 1 saturated heterocycles. The lowest BCUT2D eigenvalue weighted by Gasteiger charge is -2.24. The minimum atomic E-state index is -1.04. The second-order valence-corrected chi connectivity index (χ2v) is 8.28. The van der Waals surface area contributed by atoms with E-state index in [-0.39, 0.29) is 23.9 Å². The molecule has 3 rings (SSSR count). The van der Waals surface area contributed by atoms with Crippen LogP contribution in [0, 0.1) is 17.8 Å². The van der Waals surface area contributed by atoms with E-state index in [2.05, 4.69) is 39.8 Å². The number of hydrogen-bond acceptors (Lipinski definition) is 3. The molecule has 6 nitrogen and oxygen atoms in total. The van der Waals surface area contributed by atoms with Crippen LogP contribution in [0.1, 0.15) is 38.7 Å². The van der Waals surface area contributed by atoms with Crippen LogP contribution < -0.4 is 10.6 Å². The monoisotopic (exact) mass is 373 g/mol. The molecule has 1 unspecified atom stereocenters. The Morgan fingerprint density at radius 3 is 2.63 bits per heavy atom. The van der Waals surface area contributed by atoms with Gasteiger partial charge in [0, 0.05) is 37.6 Å². The second kappa shape index (κ2) is 8.74. The molecule has 2 aliphatic rings. The minimum absolute atomic E-state index is 0.0428. The maximum Gasteiger partial charge on any atom is 0.404 e. The molecule has 1 aliphatic carbocycles. The summed E-state index contributed by atoms with van der Waals surface area (Å²) in [6, 6.07) is 10.6. The number of likely N-dealkylation sites (tertiary alicyclic amines) is 1. The average molecular weight is 373 g/mol. The van der Waals surface area contributed by atoms with Gasteiger partial charge >= 0.3 is 6.09 Å². The molecule has 0 bridgehead atoms. The van der Waals surface area contributed by atoms with Gasteiger partial charge in [0.1, 0.15) is 0 Å². The topological polar surface area (TPSA) is 81.7 Å². The quantitative estimate of drug-likeness (QED) is 0.686. The summed E-state index contributed by atoms with van der Waals surface area (Å²) in [7, 11) is 0. The lowest BCUT2D eigenvalue weighted by Crippen LogP contribution is -2.43. The molecule has 3 N–H and O–H groups in total. The van der Waals surface area contributed by atoms with E-state index in [9.17, 15) is 9.59 Å². The highest BCUT2D eigenvalue weighted by molar-refractivity contribution is 5.78. The molecule has 0 radical (unpaired) electrons. The molecule has 27 heavy (non-hydrogen) atoms. The van der Waals surface area contributed by atoms with E-state index < -0.39 is 6.09 Å². The number of benzene rings is 1. The second-order valence-electron chi connectivity index (χ2n) is 8.28. The Bertz CT molecular complexity index is 651. The van der Waals surface area contributed by atoms with Crippen molar-refractivity contribution in [1.82, 2.24) is 15.5 Å². The third kappa shape index (κ3) is 5.22. The van der Waals surface area contributed by atoms with Crippen molar-refractivity contribution in [3.8, 4) is 0 Å². The fourth-order valence-electron chi connectivity index (χ4n) is 4.74. The first kappa shape index (κ1) is 19.7. The zero-order valence-electron chi connectivity index (χ0n) is 16.2. The van der Waals surface area contributed by atoms with Crippen molar-refractivity contribution in [2.24, 2.45) is 17.8 Å². The largest absolute Gasteiger partial charge is 0.465 e. The van der Waals surface area contributed by atoms with Crippen molar-refractivity contribution in [1.29, 1.82) is 0 Å². The van der Waals surface area contributed by atoms with Crippen LogP contribution in [0.2, 0.25) is 0 Å². The van der Waals surface area contributed by atoms with E-state index >= 15 is 0 Å². The molecule has 0 spiro atoms. The average Bonchev–Trinajstić information content (AvgIpc) is 3.16. The van der Waals surface area contributed by atoms with Crippen molar-refractivity contribution in [2.75, 3.05) is 13.1 Å². The number of rotatable bonds is 7. The van der Waals surface area contributed by atoms with Crippen LogP contribution >= 0.6 is 0 Å². The number of carboxylic acid groups (broad SMARTS) is 1. The third-order valence-corrected chi connectivity index (χ3v) is 6.03. The lowest BCUT2D eigenvalue weighted by molar-refractivity contribution is -0.125. The fraction of sp³-hybridized carbons (Fsp3) is 0.619. The highest BCUT2D eigenvalue weighted by Crippen LogP contribution is 2.38. The Hall–Kier alpha value is -2.08. The molecular weight excluding hydrogens is 342 g/mol. The van der Waals surface area contributed by atoms with Crippen molar-refractivity contribution in [2.45, 2.75) is 51.7 Å². The van der Waals surface area contributed by atoms with E-state index in [1.807, 2.05) is 13.0 Å². The number of carbonyl (C=O) groups excluding carboxylic acids is 1. The van der Waals surface area contributed by atoms with Gasteiger partial charge in [-0.15, -0.1) is 0 Å². The predicted molar refractivity (Wildman–Crippen MR) is 104 cm³/mol. The van der Waals surface area contributed by atoms with Gasteiger partial charge in [0.05, 0.1) is 0 Å². The Morgan fingerprint density at radius 2 is 1.93 bits per heavy atom. The SMILES string of the molecule is CC(C[C@H](C)C(=O)N[C@H]1CC[C@@H]2CN(Cc3ccccc3)C[C@@H]21)NC(=O)O. The van der Waals surface area contributed by atoms with Crippen LogP contribution in [0.15, 0.2) is 30.3 Å². The summed E-state index contributed by atoms with van der Waals surface area (Å²) in [6.07, 6.45) is 1.69. The fourth-order valence-corrected chi connectivity index (χ4v) is 4.74. The van der Waals surface area contributed by atoms with Crippen LogP contribution in [0.3, 0.4) is 0 Å². The van der Waals surface area contributed by atoms with Gasteiger partial charge in [-0.2, -0.15) is 0 Å². The van der Waals surface area contributed by atoms with Gasteiger partial charge in [-0.05, 0) is 43.6 Å². The third-order valence-electron chi connectivity index (χ3n) is 6.03. The zero-order chi connectivity index (χ0) is 19.4. The number of fused-ring (bicyclic) bond motifs is 1. The van der Waals surface area contributed by atoms with Crippen LogP contribution in [0.4, 0.5) is 4.79 Å². The first-order valence-corrected chi connectivity index (χ1v) is 9.98. The van der Waals surface area contributed by atoms with Gasteiger partial charge in [-0.1, -0.05) is 37.3 Å². The van der Waals surface area contributed by atoms with E-state index in [4.69, 9.17) is 5.11 Å². The first-order valence-electron chi connectivity index (χ1n) is 9.98. The Kier molecular flexibility index (Phi) is 6.37. The number of amides is 2. The van der Waals surface area contributed by atoms with Gasteiger partial charge in [-0.3, -0.25) is 9.69 Å². The molecule has 0 aromatic heterocycles. The van der Waals surface area contributed by atoms with Gasteiger partial charge < -0.3 is 15.7 Å². The number of nitrogens with one attached hydrogen (secondary N) is 2. The minimum Gasteiger partial charge on any atom is -0.465 e. The Balaban J connectivity index is 1.48. The van der Waals surface area contributed by atoms with E-state index in [0.717, 1.165) is 26.1 Å². The zero-order valence-corrected chi connectivity index (χ0v) is 16.2. The van der Waals surface area contributed by atoms with E-state index in [0.29, 0.717) is 18.3 Å². The van der Waals surface area contributed by atoms with Gasteiger partial charge in [-0.25, -0.2) is 4.79 Å². The van der Waals surface area contributed by atoms with Crippen molar-refractivity contribution < 1.29 is 14.7 Å². The molecule has 1 aromatic carbocycles. The smallest absolute Gasteiger partial charge is 0.404 e. The highest BCUT2D eigenvalue weighted by Gasteiger charge is 2.43. The number of carbonyl (C=O) groups is 2. The molecule has 1 heterocycles. The molecule has 2 fully saturated rings. The van der Waals surface area contributed by atoms with Crippen LogP contribution in [0.25, 0.3) is 0 Å². The normalized spacial score (nSPS) is 27.0. The highest BCUT2D eigenvalue weighted by atomic mass is 16.4. The molecule has 2 amide bonds. The van der Waals surface area contributed by atoms with Crippen molar-refractivity contribution in [3.63, 3.8) is 0 Å². The standard InChI is InChI=1S/C21H31N3O3/c1-14(10-15(2)22-21(26)27)20(25)23-19-9-8-17-12-24(13-18(17)19)11-16-6-4-3-5-7-16/h3-7,14-15,17-19,22H,8-13H2,1-2H3,(H,23,25)(H,26,27)/t14-,15?,17+,18-,19-/m0/s1. The molecule has 6 heteroatoms. The van der Waals surface area contributed by atoms with Crippen LogP contribution in [-0.4, -0.2) is 47.2 Å². The van der Waals surface area contributed by atoms with Crippen molar-refractivity contribution >= 4 is 12.0 Å². The van der Waals surface area contributed by atoms with E-state index in [1.165, 1.54) is 12.0 Å². The van der Waals surface area contributed by atoms with Crippen LogP contribution in [0.5, 0.6) is 0 Å². The number of nitrogens with zero attached hydrogens (tertiary/aromatic N) is 1. The first-order chi connectivity index (χ1) is 12.9. The Labute approximate surface area is 161 Å². The summed E-state index contributed by atoms with van der Waals surface area (Å²) in [6.45, 7) is 6.79. The molecule has 1 aliphatic heterocycles. The summed E-state index contributed by atoms with van der Waals surface area (Å²) >= 11 is 0. The van der Waals surface area contributed by atoms with Gasteiger partial charge in [0.15, 0.2) is 0 Å². The number of hydrogen-bond donors (Lipinski definition) is 3. The summed E-state index contributed by atoms with van der Waals surface area (Å²) < 4.78 is 0.